The molecular weight excluding hydrogens is 515 g/mol. The zero-order valence-electron chi connectivity index (χ0n) is 22.4. The lowest BCUT2D eigenvalue weighted by molar-refractivity contribution is -0.219. The number of benzene rings is 2. The fourth-order valence-electron chi connectivity index (χ4n) is 5.05. The summed E-state index contributed by atoms with van der Waals surface area (Å²) in [5.41, 5.74) is 2.23. The third-order valence-corrected chi connectivity index (χ3v) is 7.09. The Kier molecular flexibility index (Phi) is 7.61. The average molecular weight is 547 g/mol. The Morgan fingerprint density at radius 3 is 2.65 bits per heavy atom. The van der Waals surface area contributed by atoms with Crippen molar-refractivity contribution in [2.75, 3.05) is 38.8 Å². The molecule has 1 saturated carbocycles. The average Bonchev–Trinajstić information content (AvgIpc) is 3.37. The highest BCUT2D eigenvalue weighted by atomic mass is 19.1. The zero-order chi connectivity index (χ0) is 28.3. The van der Waals surface area contributed by atoms with Crippen LogP contribution in [0.4, 0.5) is 14.9 Å². The molecule has 2 aliphatic rings. The van der Waals surface area contributed by atoms with Gasteiger partial charge in [-0.05, 0) is 54.3 Å². The SMILES string of the molecule is CN(C)c1cc(C#CC2(O)CC3(COC3)C2)ccc1OCC(C=O)NC(=O)n1cc(Cc2ccc(F)cc2)cn1. The summed E-state index contributed by atoms with van der Waals surface area (Å²) in [5.74, 6) is 6.28. The van der Waals surface area contributed by atoms with Crippen molar-refractivity contribution in [2.45, 2.75) is 30.9 Å². The number of amides is 1. The number of aromatic nitrogens is 2. The molecule has 2 N–H and O–H groups in total. The van der Waals surface area contributed by atoms with Gasteiger partial charge in [-0.25, -0.2) is 9.18 Å². The molecule has 3 aromatic rings. The van der Waals surface area contributed by atoms with Crippen molar-refractivity contribution in [3.8, 4) is 17.6 Å². The van der Waals surface area contributed by atoms with Crippen LogP contribution in [0, 0.1) is 23.1 Å². The molecule has 1 unspecified atom stereocenters. The van der Waals surface area contributed by atoms with Crippen molar-refractivity contribution in [2.24, 2.45) is 5.41 Å². The van der Waals surface area contributed by atoms with Gasteiger partial charge in [-0.15, -0.1) is 0 Å². The topological polar surface area (TPSA) is 106 Å². The largest absolute Gasteiger partial charge is 0.489 e. The quantitative estimate of drug-likeness (QED) is 0.331. The van der Waals surface area contributed by atoms with Gasteiger partial charge in [0.2, 0.25) is 0 Å². The molecule has 2 fully saturated rings. The van der Waals surface area contributed by atoms with Crippen LogP contribution >= 0.6 is 0 Å². The van der Waals surface area contributed by atoms with Crippen molar-refractivity contribution in [3.63, 3.8) is 0 Å². The number of hydrogen-bond acceptors (Lipinski definition) is 7. The molecule has 2 heterocycles. The zero-order valence-corrected chi connectivity index (χ0v) is 22.4. The van der Waals surface area contributed by atoms with Crippen LogP contribution in [-0.4, -0.2) is 72.8 Å². The van der Waals surface area contributed by atoms with Gasteiger partial charge >= 0.3 is 6.03 Å². The molecule has 0 radical (unpaired) electrons. The van der Waals surface area contributed by atoms with E-state index >= 15 is 0 Å². The molecule has 0 bridgehead atoms. The minimum absolute atomic E-state index is 0.0886. The summed E-state index contributed by atoms with van der Waals surface area (Å²) in [4.78, 5) is 26.2. The predicted molar refractivity (Wildman–Crippen MR) is 146 cm³/mol. The lowest BCUT2D eigenvalue weighted by atomic mass is 9.58. The summed E-state index contributed by atoms with van der Waals surface area (Å²) in [7, 11) is 3.72. The molecule has 208 valence electrons. The monoisotopic (exact) mass is 546 g/mol. The van der Waals surface area contributed by atoms with Crippen LogP contribution in [0.25, 0.3) is 0 Å². The van der Waals surface area contributed by atoms with Crippen molar-refractivity contribution < 1.29 is 28.6 Å². The first-order valence-corrected chi connectivity index (χ1v) is 13.0. The Bertz CT molecular complexity index is 1440. The third-order valence-electron chi connectivity index (χ3n) is 7.09. The van der Waals surface area contributed by atoms with Crippen LogP contribution in [-0.2, 0) is 16.0 Å². The molecule has 1 amide bonds. The van der Waals surface area contributed by atoms with Crippen LogP contribution in [0.1, 0.15) is 29.5 Å². The van der Waals surface area contributed by atoms with Gasteiger partial charge in [0.15, 0.2) is 0 Å². The molecule has 40 heavy (non-hydrogen) atoms. The van der Waals surface area contributed by atoms with Crippen molar-refractivity contribution in [1.29, 1.82) is 0 Å². The van der Waals surface area contributed by atoms with E-state index in [0.29, 0.717) is 44.5 Å². The number of aliphatic hydroxyl groups is 1. The molecule has 10 heteroatoms. The minimum atomic E-state index is -0.983. The molecule has 1 spiro atoms. The van der Waals surface area contributed by atoms with Gasteiger partial charge in [-0.3, -0.25) is 0 Å². The summed E-state index contributed by atoms with van der Waals surface area (Å²) in [6.45, 7) is 1.29. The molecule has 1 aliphatic carbocycles. The Hall–Kier alpha value is -4.20. The maximum atomic E-state index is 13.1. The molecule has 9 nitrogen and oxygen atoms in total. The second-order valence-electron chi connectivity index (χ2n) is 10.8. The third kappa shape index (κ3) is 6.17. The van der Waals surface area contributed by atoms with E-state index in [2.05, 4.69) is 22.3 Å². The lowest BCUT2D eigenvalue weighted by Crippen LogP contribution is -2.60. The first-order chi connectivity index (χ1) is 19.2. The number of hydrogen-bond donors (Lipinski definition) is 2. The second-order valence-corrected chi connectivity index (χ2v) is 10.8. The van der Waals surface area contributed by atoms with Crippen molar-refractivity contribution >= 4 is 18.0 Å². The molecule has 1 saturated heterocycles. The number of halogens is 1. The maximum Gasteiger partial charge on any atom is 0.342 e. The molecule has 2 aromatic carbocycles. The first-order valence-electron chi connectivity index (χ1n) is 13.0. The number of carbonyl (C=O) groups is 2. The number of ether oxygens (including phenoxy) is 2. The highest BCUT2D eigenvalue weighted by molar-refractivity contribution is 5.79. The van der Waals surface area contributed by atoms with E-state index in [0.717, 1.165) is 27.1 Å². The van der Waals surface area contributed by atoms with Gasteiger partial charge in [0.05, 0.1) is 25.1 Å². The van der Waals surface area contributed by atoms with Gasteiger partial charge < -0.3 is 29.6 Å². The highest BCUT2D eigenvalue weighted by Gasteiger charge is 2.57. The number of nitrogens with one attached hydrogen (secondary N) is 1. The van der Waals surface area contributed by atoms with Gasteiger partial charge in [0.1, 0.15) is 36.1 Å². The Balaban J connectivity index is 1.18. The molecular formula is C30H31FN4O5. The lowest BCUT2D eigenvalue weighted by Gasteiger charge is -2.55. The summed E-state index contributed by atoms with van der Waals surface area (Å²) in [6.07, 6.45) is 5.45. The normalized spacial score (nSPS) is 17.0. The predicted octanol–water partition coefficient (Wildman–Crippen LogP) is 2.78. The van der Waals surface area contributed by atoms with E-state index in [1.807, 2.05) is 25.1 Å². The molecule has 5 rings (SSSR count). The van der Waals surface area contributed by atoms with Gasteiger partial charge in [0.25, 0.3) is 0 Å². The number of rotatable bonds is 8. The Morgan fingerprint density at radius 1 is 1.25 bits per heavy atom. The summed E-state index contributed by atoms with van der Waals surface area (Å²) >= 11 is 0. The number of carbonyl (C=O) groups excluding carboxylic acids is 2. The van der Waals surface area contributed by atoms with Crippen LogP contribution in [0.2, 0.25) is 0 Å². The van der Waals surface area contributed by atoms with Crippen LogP contribution in [0.5, 0.6) is 5.75 Å². The molecule has 1 aromatic heterocycles. The van der Waals surface area contributed by atoms with Gasteiger partial charge in [-0.2, -0.15) is 9.78 Å². The Morgan fingerprint density at radius 2 is 2.00 bits per heavy atom. The first kappa shape index (κ1) is 27.4. The van der Waals surface area contributed by atoms with E-state index < -0.39 is 17.7 Å². The van der Waals surface area contributed by atoms with E-state index in [9.17, 15) is 19.1 Å². The fourth-order valence-corrected chi connectivity index (χ4v) is 5.05. The van der Waals surface area contributed by atoms with Gasteiger partial charge in [-0.1, -0.05) is 24.0 Å². The van der Waals surface area contributed by atoms with Crippen LogP contribution < -0.4 is 15.0 Å². The highest BCUT2D eigenvalue weighted by Crippen LogP contribution is 2.52. The fraction of sp³-hybridized carbons (Fsp3) is 0.367. The standard InChI is InChI=1S/C30H31FN4O5/c1-34(2)26-12-22(9-10-30(38)17-29(18-30)19-39-20-29)5-8-27(26)40-16-25(15-36)33-28(37)35-14-23(13-32-35)11-21-3-6-24(31)7-4-21/h3-8,12-15,25,38H,11,16-20H2,1-2H3,(H,33,37). The number of aldehydes is 1. The molecule has 1 aliphatic heterocycles. The summed E-state index contributed by atoms with van der Waals surface area (Å²) in [5, 5.41) is 17.3. The number of anilines is 1. The van der Waals surface area contributed by atoms with E-state index in [1.165, 1.54) is 12.1 Å². The van der Waals surface area contributed by atoms with Crippen LogP contribution in [0.3, 0.4) is 0 Å². The summed E-state index contributed by atoms with van der Waals surface area (Å²) < 4.78 is 25.4. The molecule has 1 atom stereocenters. The van der Waals surface area contributed by atoms with E-state index in [1.54, 1.807) is 36.7 Å². The minimum Gasteiger partial charge on any atom is -0.489 e. The van der Waals surface area contributed by atoms with Crippen molar-refractivity contribution in [1.82, 2.24) is 15.1 Å². The number of nitrogens with zero attached hydrogens (tertiary/aromatic N) is 3. The summed E-state index contributed by atoms with van der Waals surface area (Å²) in [6, 6.07) is 10.0. The van der Waals surface area contributed by atoms with E-state index in [4.69, 9.17) is 9.47 Å². The maximum absolute atomic E-state index is 13.1. The van der Waals surface area contributed by atoms with Crippen molar-refractivity contribution in [3.05, 3.63) is 77.4 Å². The smallest absolute Gasteiger partial charge is 0.342 e. The second kappa shape index (κ2) is 11.1. The van der Waals surface area contributed by atoms with Crippen LogP contribution in [0.15, 0.2) is 54.9 Å². The Labute approximate surface area is 231 Å². The van der Waals surface area contributed by atoms with Gasteiger partial charge in [0, 0.05) is 37.7 Å². The van der Waals surface area contributed by atoms with E-state index in [-0.39, 0.29) is 17.8 Å².